The summed E-state index contributed by atoms with van der Waals surface area (Å²) in [5.74, 6) is -0.741. The summed E-state index contributed by atoms with van der Waals surface area (Å²) in [6.07, 6.45) is 1.07. The minimum Gasteiger partial charge on any atom is -0.370 e. The van der Waals surface area contributed by atoms with Crippen LogP contribution in [0, 0.1) is 0 Å². The van der Waals surface area contributed by atoms with Crippen molar-refractivity contribution in [3.05, 3.63) is 0 Å². The number of nitrogens with one attached hydrogen (secondary N) is 1. The van der Waals surface area contributed by atoms with Gasteiger partial charge < -0.3 is 11.1 Å². The zero-order valence-corrected chi connectivity index (χ0v) is 8.66. The molecule has 84 valence electrons. The maximum absolute atomic E-state index is 11.4. The number of imide groups is 1. The Hall–Kier alpha value is -1.43. The molecule has 1 aliphatic rings. The Kier molecular flexibility index (Phi) is 3.79. The summed E-state index contributed by atoms with van der Waals surface area (Å²) < 4.78 is 0. The number of nitrogens with two attached hydrogens (primary N) is 1. The average Bonchev–Trinajstić information content (AvgIpc) is 2.41. The van der Waals surface area contributed by atoms with Gasteiger partial charge in [-0.3, -0.25) is 19.3 Å². The number of carbonyl (C=O) groups excluding carboxylic acids is 3. The molecule has 15 heavy (non-hydrogen) atoms. The number of primary amides is 1. The Bertz CT molecular complexity index is 290. The standard InChI is InChI=1S/C9H15N3O3/c1-12-8(14)5-6(9(12)15)11-4-2-3-7(10)13/h6,11H,2-5H2,1H3,(H2,10,13). The monoisotopic (exact) mass is 213 g/mol. The molecule has 3 amide bonds. The molecule has 0 saturated carbocycles. The molecule has 6 heteroatoms. The summed E-state index contributed by atoms with van der Waals surface area (Å²) in [5.41, 5.74) is 4.96. The van der Waals surface area contributed by atoms with Crippen molar-refractivity contribution in [1.82, 2.24) is 10.2 Å². The predicted molar refractivity (Wildman–Crippen MR) is 52.6 cm³/mol. The van der Waals surface area contributed by atoms with Crippen molar-refractivity contribution in [2.24, 2.45) is 5.73 Å². The maximum atomic E-state index is 11.4. The molecular formula is C9H15N3O3. The van der Waals surface area contributed by atoms with Crippen molar-refractivity contribution < 1.29 is 14.4 Å². The molecule has 0 aromatic rings. The van der Waals surface area contributed by atoms with E-state index < -0.39 is 6.04 Å². The highest BCUT2D eigenvalue weighted by Crippen LogP contribution is 2.10. The van der Waals surface area contributed by atoms with Crippen molar-refractivity contribution >= 4 is 17.7 Å². The Balaban J connectivity index is 2.26. The quantitative estimate of drug-likeness (QED) is 0.434. The van der Waals surface area contributed by atoms with E-state index in [-0.39, 0.29) is 30.6 Å². The number of nitrogens with zero attached hydrogens (tertiary/aromatic N) is 1. The van der Waals surface area contributed by atoms with Gasteiger partial charge in [0.05, 0.1) is 12.5 Å². The van der Waals surface area contributed by atoms with Crippen molar-refractivity contribution in [3.63, 3.8) is 0 Å². The largest absolute Gasteiger partial charge is 0.370 e. The van der Waals surface area contributed by atoms with E-state index in [2.05, 4.69) is 5.32 Å². The van der Waals surface area contributed by atoms with Crippen LogP contribution >= 0.6 is 0 Å². The summed E-state index contributed by atoms with van der Waals surface area (Å²) >= 11 is 0. The lowest BCUT2D eigenvalue weighted by Crippen LogP contribution is -2.37. The fraction of sp³-hybridized carbons (Fsp3) is 0.667. The highest BCUT2D eigenvalue weighted by Gasteiger charge is 2.35. The van der Waals surface area contributed by atoms with Crippen LogP contribution in [0.4, 0.5) is 0 Å². The molecule has 0 spiro atoms. The van der Waals surface area contributed by atoms with Crippen LogP contribution in [0.5, 0.6) is 0 Å². The first kappa shape index (κ1) is 11.6. The van der Waals surface area contributed by atoms with Crippen molar-refractivity contribution in [3.8, 4) is 0 Å². The number of likely N-dealkylation sites (tertiary alicyclic amines) is 1. The zero-order chi connectivity index (χ0) is 11.4. The Labute approximate surface area is 87.8 Å². The van der Waals surface area contributed by atoms with Gasteiger partial charge in [0.15, 0.2) is 0 Å². The SMILES string of the molecule is CN1C(=O)CC(NCCCC(N)=O)C1=O. The highest BCUT2D eigenvalue weighted by atomic mass is 16.2. The summed E-state index contributed by atoms with van der Waals surface area (Å²) in [6.45, 7) is 0.514. The third-order valence-electron chi connectivity index (χ3n) is 2.37. The highest BCUT2D eigenvalue weighted by molar-refractivity contribution is 6.05. The van der Waals surface area contributed by atoms with Gasteiger partial charge in [-0.05, 0) is 13.0 Å². The van der Waals surface area contributed by atoms with E-state index in [0.717, 1.165) is 4.90 Å². The number of rotatable bonds is 5. The van der Waals surface area contributed by atoms with E-state index in [9.17, 15) is 14.4 Å². The topological polar surface area (TPSA) is 92.5 Å². The summed E-state index contributed by atoms with van der Waals surface area (Å²) in [7, 11) is 1.47. The first-order valence-corrected chi connectivity index (χ1v) is 4.84. The van der Waals surface area contributed by atoms with Gasteiger partial charge in [0.1, 0.15) is 0 Å². The lowest BCUT2D eigenvalue weighted by atomic mass is 10.2. The van der Waals surface area contributed by atoms with Crippen molar-refractivity contribution in [2.45, 2.75) is 25.3 Å². The third kappa shape index (κ3) is 3.02. The second kappa shape index (κ2) is 4.88. The molecule has 1 fully saturated rings. The molecule has 0 aliphatic carbocycles. The molecule has 0 aromatic carbocycles. The van der Waals surface area contributed by atoms with Gasteiger partial charge >= 0.3 is 0 Å². The van der Waals surface area contributed by atoms with Crippen LogP contribution in [0.15, 0.2) is 0 Å². The second-order valence-electron chi connectivity index (χ2n) is 3.57. The van der Waals surface area contributed by atoms with E-state index >= 15 is 0 Å². The number of hydrogen-bond acceptors (Lipinski definition) is 4. The number of carbonyl (C=O) groups is 3. The van der Waals surface area contributed by atoms with Crippen LogP contribution in [0.2, 0.25) is 0 Å². The molecule has 1 aliphatic heterocycles. The summed E-state index contributed by atoms with van der Waals surface area (Å²) in [5, 5.41) is 2.93. The minimum atomic E-state index is -0.435. The van der Waals surface area contributed by atoms with Gasteiger partial charge in [-0.15, -0.1) is 0 Å². The molecule has 1 unspecified atom stereocenters. The van der Waals surface area contributed by atoms with E-state index in [1.165, 1.54) is 7.05 Å². The number of likely N-dealkylation sites (N-methyl/N-ethyl adjacent to an activating group) is 1. The second-order valence-corrected chi connectivity index (χ2v) is 3.57. The number of amides is 3. The van der Waals surface area contributed by atoms with E-state index in [0.29, 0.717) is 13.0 Å². The molecule has 1 atom stereocenters. The zero-order valence-electron chi connectivity index (χ0n) is 8.66. The van der Waals surface area contributed by atoms with E-state index in [4.69, 9.17) is 5.73 Å². The summed E-state index contributed by atoms with van der Waals surface area (Å²) in [4.78, 5) is 34.1. The number of hydrogen-bond donors (Lipinski definition) is 2. The van der Waals surface area contributed by atoms with Crippen LogP contribution < -0.4 is 11.1 Å². The molecule has 0 aromatic heterocycles. The Morgan fingerprint density at radius 2 is 2.27 bits per heavy atom. The van der Waals surface area contributed by atoms with Crippen LogP contribution in [0.1, 0.15) is 19.3 Å². The van der Waals surface area contributed by atoms with Gasteiger partial charge in [0, 0.05) is 13.5 Å². The predicted octanol–water partition coefficient (Wildman–Crippen LogP) is -1.40. The minimum absolute atomic E-state index is 0.174. The van der Waals surface area contributed by atoms with Gasteiger partial charge in [-0.2, -0.15) is 0 Å². The molecule has 1 heterocycles. The van der Waals surface area contributed by atoms with Gasteiger partial charge in [0.2, 0.25) is 17.7 Å². The summed E-state index contributed by atoms with van der Waals surface area (Å²) in [6, 6.07) is -0.435. The molecule has 0 bridgehead atoms. The molecular weight excluding hydrogens is 198 g/mol. The lowest BCUT2D eigenvalue weighted by molar-refractivity contribution is -0.137. The van der Waals surface area contributed by atoms with Gasteiger partial charge in [-0.1, -0.05) is 0 Å². The normalized spacial score (nSPS) is 21.1. The van der Waals surface area contributed by atoms with E-state index in [1.54, 1.807) is 0 Å². The van der Waals surface area contributed by atoms with Gasteiger partial charge in [-0.25, -0.2) is 0 Å². The smallest absolute Gasteiger partial charge is 0.246 e. The van der Waals surface area contributed by atoms with Crippen LogP contribution in [-0.4, -0.2) is 42.3 Å². The first-order valence-electron chi connectivity index (χ1n) is 4.84. The fourth-order valence-electron chi connectivity index (χ4n) is 1.45. The average molecular weight is 213 g/mol. The van der Waals surface area contributed by atoms with Crippen LogP contribution in [0.3, 0.4) is 0 Å². The maximum Gasteiger partial charge on any atom is 0.246 e. The van der Waals surface area contributed by atoms with Crippen molar-refractivity contribution in [1.29, 1.82) is 0 Å². The Morgan fingerprint density at radius 3 is 2.73 bits per heavy atom. The molecule has 3 N–H and O–H groups in total. The molecule has 6 nitrogen and oxygen atoms in total. The first-order chi connectivity index (χ1) is 7.02. The molecule has 1 saturated heterocycles. The molecule has 0 radical (unpaired) electrons. The van der Waals surface area contributed by atoms with Crippen LogP contribution in [-0.2, 0) is 14.4 Å². The van der Waals surface area contributed by atoms with E-state index in [1.807, 2.05) is 0 Å². The lowest BCUT2D eigenvalue weighted by Gasteiger charge is -2.10. The fourth-order valence-corrected chi connectivity index (χ4v) is 1.45. The Morgan fingerprint density at radius 1 is 1.60 bits per heavy atom. The molecule has 1 rings (SSSR count). The van der Waals surface area contributed by atoms with Crippen molar-refractivity contribution in [2.75, 3.05) is 13.6 Å². The van der Waals surface area contributed by atoms with Gasteiger partial charge in [0.25, 0.3) is 0 Å². The van der Waals surface area contributed by atoms with Crippen LogP contribution in [0.25, 0.3) is 0 Å². The third-order valence-corrected chi connectivity index (χ3v) is 2.37.